The van der Waals surface area contributed by atoms with Crippen LogP contribution in [-0.2, 0) is 19.8 Å². The van der Waals surface area contributed by atoms with Crippen molar-refractivity contribution in [2.24, 2.45) is 0 Å². The highest BCUT2D eigenvalue weighted by molar-refractivity contribution is 5.49. The van der Waals surface area contributed by atoms with Crippen LogP contribution in [0.3, 0.4) is 0 Å². The molecule has 314 valence electrons. The number of nitrogens with zero attached hydrogens (tertiary/aromatic N) is 2. The van der Waals surface area contributed by atoms with E-state index in [0.717, 1.165) is 44.2 Å². The summed E-state index contributed by atoms with van der Waals surface area (Å²) < 4.78 is 30.8. The minimum atomic E-state index is -1.87. The van der Waals surface area contributed by atoms with Crippen molar-refractivity contribution >= 4 is 0 Å². The molecule has 2 aromatic heterocycles. The Balaban J connectivity index is 0.000000271. The van der Waals surface area contributed by atoms with E-state index in [0.29, 0.717) is 11.5 Å². The van der Waals surface area contributed by atoms with Gasteiger partial charge in [-0.2, -0.15) is 0 Å². The van der Waals surface area contributed by atoms with Crippen molar-refractivity contribution in [2.75, 3.05) is 27.4 Å². The van der Waals surface area contributed by atoms with E-state index in [9.17, 15) is 39.6 Å². The van der Waals surface area contributed by atoms with Gasteiger partial charge in [-0.05, 0) is 54.8 Å². The van der Waals surface area contributed by atoms with Crippen LogP contribution in [0.25, 0.3) is 0 Å². The van der Waals surface area contributed by atoms with Crippen molar-refractivity contribution < 1.29 is 49.2 Å². The molecule has 3 aromatic carbocycles. The van der Waals surface area contributed by atoms with Gasteiger partial charge >= 0.3 is 11.4 Å². The van der Waals surface area contributed by atoms with E-state index in [1.807, 2.05) is 83.8 Å². The Labute approximate surface area is 336 Å². The summed E-state index contributed by atoms with van der Waals surface area (Å²) in [4.78, 5) is 50.8. The van der Waals surface area contributed by atoms with Crippen molar-refractivity contribution in [1.82, 2.24) is 19.1 Å². The topological polar surface area (TPSA) is 257 Å². The van der Waals surface area contributed by atoms with Gasteiger partial charge in [-0.15, -0.1) is 0 Å². The number of rotatable bonds is 11. The molecule has 0 spiro atoms. The lowest BCUT2D eigenvalue weighted by atomic mass is 9.80. The van der Waals surface area contributed by atoms with Gasteiger partial charge in [0.15, 0.2) is 12.5 Å². The van der Waals surface area contributed by atoms with Crippen LogP contribution in [0, 0.1) is 0 Å². The van der Waals surface area contributed by atoms with Gasteiger partial charge in [0, 0.05) is 24.5 Å². The number of hydrogen-bond donors (Lipinski definition) is 7. The van der Waals surface area contributed by atoms with Gasteiger partial charge in [-0.3, -0.25) is 28.7 Å². The van der Waals surface area contributed by atoms with Crippen LogP contribution >= 0.6 is 0 Å². The Hall–Kier alpha value is -5.70. The SMILES string of the molecule is CC1(O)C(O)C(CO)OC1n1ccc(=O)[nH]c1=O.COc1ccc(C(OCC2OC(n3ccc(=O)[nH]c3=O)C(C)(O)C2O)(c2ccccc2)c2ccc(OC)cc2)cc1. The maximum Gasteiger partial charge on any atom is 0.330 e. The standard InChI is InChI=1S/C31H32N2O8.C10H14N2O6/c1-30(37)27(35)25(41-28(30)33-18-17-26(34)32-29(33)36)19-40-31(20-7-5-4-6-8-20,21-9-13-23(38-2)14-10-21)22-11-15-24(39-3)16-12-22;1-10(17)7(15)5(4-13)18-8(10)12-3-2-6(14)11-9(12)16/h4-18,25,27-28,35,37H,19H2,1-3H3,(H,32,34,36);2-3,5,7-8,13,15,17H,4H2,1H3,(H,11,14,16). The monoisotopic (exact) mass is 818 g/mol. The van der Waals surface area contributed by atoms with Crippen LogP contribution in [0.4, 0.5) is 0 Å². The molecule has 2 aliphatic rings. The molecule has 2 saturated heterocycles. The highest BCUT2D eigenvalue weighted by atomic mass is 16.6. The zero-order chi connectivity index (χ0) is 42.7. The lowest BCUT2D eigenvalue weighted by Gasteiger charge is -2.37. The van der Waals surface area contributed by atoms with Crippen molar-refractivity contribution in [3.05, 3.63) is 162 Å². The quantitative estimate of drug-likeness (QED) is 0.0874. The number of aliphatic hydroxyl groups excluding tert-OH is 3. The van der Waals surface area contributed by atoms with Gasteiger partial charge in [0.2, 0.25) is 0 Å². The predicted molar refractivity (Wildman–Crippen MR) is 209 cm³/mol. The first-order valence-corrected chi connectivity index (χ1v) is 18.4. The van der Waals surface area contributed by atoms with E-state index in [1.165, 1.54) is 20.0 Å². The molecular weight excluding hydrogens is 772 g/mol. The molecule has 4 heterocycles. The Kier molecular flexibility index (Phi) is 12.5. The van der Waals surface area contributed by atoms with Crippen LogP contribution in [0.1, 0.15) is 43.0 Å². The highest BCUT2D eigenvalue weighted by Gasteiger charge is 2.55. The minimum Gasteiger partial charge on any atom is -0.497 e. The van der Waals surface area contributed by atoms with Gasteiger partial charge < -0.3 is 49.2 Å². The minimum absolute atomic E-state index is 0.168. The van der Waals surface area contributed by atoms with E-state index in [4.69, 9.17) is 28.8 Å². The molecule has 2 fully saturated rings. The lowest BCUT2D eigenvalue weighted by Crippen LogP contribution is -2.47. The smallest absolute Gasteiger partial charge is 0.330 e. The molecular formula is C41H46N4O14. The highest BCUT2D eigenvalue weighted by Crippen LogP contribution is 2.44. The van der Waals surface area contributed by atoms with Crippen LogP contribution in [0.5, 0.6) is 11.5 Å². The van der Waals surface area contributed by atoms with E-state index < -0.39 is 82.8 Å². The van der Waals surface area contributed by atoms with Gasteiger partial charge in [0.05, 0.1) is 27.4 Å². The maximum absolute atomic E-state index is 12.5. The molecule has 7 N–H and O–H groups in total. The number of nitrogens with one attached hydrogen (secondary N) is 2. The van der Waals surface area contributed by atoms with Crippen molar-refractivity contribution in [2.45, 2.75) is 67.5 Å². The van der Waals surface area contributed by atoms with Gasteiger partial charge in [0.1, 0.15) is 52.7 Å². The molecule has 18 nitrogen and oxygen atoms in total. The van der Waals surface area contributed by atoms with Crippen LogP contribution < -0.4 is 32.0 Å². The third-order valence-electron chi connectivity index (χ3n) is 10.5. The summed E-state index contributed by atoms with van der Waals surface area (Å²) in [6, 6.07) is 26.8. The van der Waals surface area contributed by atoms with E-state index in [1.54, 1.807) is 14.2 Å². The van der Waals surface area contributed by atoms with Crippen LogP contribution in [0.2, 0.25) is 0 Å². The normalized spacial score (nSPS) is 26.5. The molecule has 7 rings (SSSR count). The first-order valence-electron chi connectivity index (χ1n) is 18.4. The number of aromatic amines is 2. The molecule has 0 saturated carbocycles. The summed E-state index contributed by atoms with van der Waals surface area (Å²) in [5, 5.41) is 51.3. The number of aliphatic hydroxyl groups is 5. The summed E-state index contributed by atoms with van der Waals surface area (Å²) in [6.07, 6.45) is -4.88. The third kappa shape index (κ3) is 8.30. The zero-order valence-corrected chi connectivity index (χ0v) is 32.5. The number of methoxy groups -OCH3 is 2. The van der Waals surface area contributed by atoms with Crippen molar-refractivity contribution in [3.8, 4) is 11.5 Å². The largest absolute Gasteiger partial charge is 0.497 e. The van der Waals surface area contributed by atoms with Gasteiger partial charge in [0.25, 0.3) is 11.1 Å². The fourth-order valence-electron chi connectivity index (χ4n) is 7.27. The summed E-state index contributed by atoms with van der Waals surface area (Å²) in [5.41, 5.74) is -5.13. The second-order valence-corrected chi connectivity index (χ2v) is 14.4. The van der Waals surface area contributed by atoms with E-state index in [-0.39, 0.29) is 6.61 Å². The van der Waals surface area contributed by atoms with Crippen LogP contribution in [0.15, 0.2) is 123 Å². The fourth-order valence-corrected chi connectivity index (χ4v) is 7.27. The van der Waals surface area contributed by atoms with E-state index in [2.05, 4.69) is 4.98 Å². The number of benzene rings is 3. The molecule has 2 aliphatic heterocycles. The predicted octanol–water partition coefficient (Wildman–Crippen LogP) is 0.110. The molecule has 0 amide bonds. The molecule has 59 heavy (non-hydrogen) atoms. The summed E-state index contributed by atoms with van der Waals surface area (Å²) in [7, 11) is 3.18. The fraction of sp³-hybridized carbons (Fsp3) is 0.366. The number of ether oxygens (including phenoxy) is 5. The van der Waals surface area contributed by atoms with Gasteiger partial charge in [-0.25, -0.2) is 9.59 Å². The number of H-pyrrole nitrogens is 2. The second-order valence-electron chi connectivity index (χ2n) is 14.4. The average molecular weight is 819 g/mol. The Morgan fingerprint density at radius 3 is 1.44 bits per heavy atom. The van der Waals surface area contributed by atoms with Crippen molar-refractivity contribution in [1.29, 1.82) is 0 Å². The first-order chi connectivity index (χ1) is 28.1. The van der Waals surface area contributed by atoms with Crippen molar-refractivity contribution in [3.63, 3.8) is 0 Å². The Morgan fingerprint density at radius 1 is 0.644 bits per heavy atom. The first kappa shape index (κ1) is 42.9. The number of aromatic nitrogens is 4. The second kappa shape index (κ2) is 17.3. The average Bonchev–Trinajstić information content (AvgIpc) is 3.60. The summed E-state index contributed by atoms with van der Waals surface area (Å²) >= 11 is 0. The lowest BCUT2D eigenvalue weighted by molar-refractivity contribution is -0.107. The zero-order valence-electron chi connectivity index (χ0n) is 32.5. The third-order valence-corrected chi connectivity index (χ3v) is 10.5. The van der Waals surface area contributed by atoms with Crippen LogP contribution in [-0.4, -0.2) is 108 Å². The maximum atomic E-state index is 12.5. The molecule has 5 aromatic rings. The summed E-state index contributed by atoms with van der Waals surface area (Å²) in [6.45, 7) is 2.00. The molecule has 0 aliphatic carbocycles. The molecule has 0 radical (unpaired) electrons. The Morgan fingerprint density at radius 2 is 1.05 bits per heavy atom. The summed E-state index contributed by atoms with van der Waals surface area (Å²) in [5.74, 6) is 1.34. The Bertz CT molecular complexity index is 2380. The molecule has 8 atom stereocenters. The molecule has 8 unspecified atom stereocenters. The molecule has 0 bridgehead atoms. The number of hydrogen-bond acceptors (Lipinski definition) is 14. The molecule has 18 heteroatoms. The van der Waals surface area contributed by atoms with E-state index >= 15 is 0 Å². The van der Waals surface area contributed by atoms with Gasteiger partial charge in [-0.1, -0.05) is 54.6 Å².